The Morgan fingerprint density at radius 2 is 0.636 bits per heavy atom. The molecular formula is C57H101NO8. The molecule has 1 aliphatic heterocycles. The molecule has 66 heavy (non-hydrogen) atoms. The molecule has 1 heterocycles. The highest BCUT2D eigenvalue weighted by Crippen LogP contribution is 2.24. The van der Waals surface area contributed by atoms with Crippen LogP contribution in [0.5, 0.6) is 0 Å². The molecule has 1 saturated heterocycles. The van der Waals surface area contributed by atoms with E-state index in [0.29, 0.717) is 6.42 Å². The monoisotopic (exact) mass is 928 g/mol. The molecule has 9 heteroatoms. The lowest BCUT2D eigenvalue weighted by Crippen LogP contribution is -2.44. The van der Waals surface area contributed by atoms with E-state index in [1.54, 1.807) is 0 Å². The Morgan fingerprint density at radius 3 is 0.955 bits per heavy atom. The van der Waals surface area contributed by atoms with Crippen molar-refractivity contribution in [2.45, 2.75) is 252 Å². The summed E-state index contributed by atoms with van der Waals surface area (Å²) in [6.07, 6.45) is 49.3. The number of esters is 4. The summed E-state index contributed by atoms with van der Waals surface area (Å²) in [5, 5.41) is 0. The van der Waals surface area contributed by atoms with E-state index >= 15 is 0 Å². The van der Waals surface area contributed by atoms with Gasteiger partial charge in [-0.15, -0.1) is 0 Å². The predicted molar refractivity (Wildman–Crippen MR) is 273 cm³/mol. The van der Waals surface area contributed by atoms with Crippen molar-refractivity contribution in [3.8, 4) is 0 Å². The van der Waals surface area contributed by atoms with E-state index < -0.39 is 5.41 Å². The number of allylic oxidation sites excluding steroid dienone is 6. The lowest BCUT2D eigenvalue weighted by molar-refractivity contribution is -0.170. The summed E-state index contributed by atoms with van der Waals surface area (Å²) >= 11 is 0. The summed E-state index contributed by atoms with van der Waals surface area (Å²) in [7, 11) is 0. The number of rotatable bonds is 46. The summed E-state index contributed by atoms with van der Waals surface area (Å²) < 4.78 is 23.5. The molecule has 0 aromatic heterocycles. The summed E-state index contributed by atoms with van der Waals surface area (Å²) in [6, 6.07) is 0. The van der Waals surface area contributed by atoms with Gasteiger partial charge in [-0.05, 0) is 122 Å². The quantitative estimate of drug-likeness (QED) is 0.0255. The van der Waals surface area contributed by atoms with Crippen LogP contribution in [0.1, 0.15) is 252 Å². The van der Waals surface area contributed by atoms with Gasteiger partial charge in [-0.25, -0.2) is 0 Å². The second-order valence-corrected chi connectivity index (χ2v) is 19.3. The van der Waals surface area contributed by atoms with Gasteiger partial charge in [0, 0.05) is 25.7 Å². The number of hydrogen-bond donors (Lipinski definition) is 0. The maximum Gasteiger partial charge on any atom is 0.305 e. The number of nitrogens with zero attached hydrogens (tertiary/aromatic N) is 1. The van der Waals surface area contributed by atoms with Gasteiger partial charge < -0.3 is 23.8 Å². The Bertz CT molecular complexity index is 1140. The molecule has 0 spiro atoms. The lowest BCUT2D eigenvalue weighted by Gasteiger charge is -2.31. The Balaban J connectivity index is 2.86. The van der Waals surface area contributed by atoms with Crippen molar-refractivity contribution in [1.29, 1.82) is 0 Å². The molecule has 0 atom stereocenters. The maximum absolute atomic E-state index is 13.2. The zero-order valence-corrected chi connectivity index (χ0v) is 43.1. The fourth-order valence-electron chi connectivity index (χ4n) is 8.12. The van der Waals surface area contributed by atoms with Crippen LogP contribution in [0.4, 0.5) is 0 Å². The van der Waals surface area contributed by atoms with Gasteiger partial charge in [-0.3, -0.25) is 19.2 Å². The molecule has 0 aromatic carbocycles. The molecule has 1 rings (SSSR count). The molecule has 0 amide bonds. The first-order chi connectivity index (χ1) is 32.3. The van der Waals surface area contributed by atoms with Crippen molar-refractivity contribution in [1.82, 2.24) is 4.90 Å². The first-order valence-corrected chi connectivity index (χ1v) is 27.6. The zero-order valence-electron chi connectivity index (χ0n) is 43.1. The number of carbonyl (C=O) groups excluding carboxylic acids is 4. The van der Waals surface area contributed by atoms with Crippen molar-refractivity contribution < 1.29 is 38.1 Å². The molecule has 0 saturated carbocycles. The summed E-state index contributed by atoms with van der Waals surface area (Å²) in [6.45, 7) is 9.12. The van der Waals surface area contributed by atoms with Crippen molar-refractivity contribution in [3.05, 3.63) is 36.5 Å². The fourth-order valence-corrected chi connectivity index (χ4v) is 8.12. The van der Waals surface area contributed by atoms with Gasteiger partial charge in [-0.1, -0.05) is 160 Å². The van der Waals surface area contributed by atoms with Crippen LogP contribution in [0.25, 0.3) is 0 Å². The smallest absolute Gasteiger partial charge is 0.305 e. The van der Waals surface area contributed by atoms with Crippen LogP contribution in [-0.2, 0) is 38.1 Å². The minimum atomic E-state index is -1.22. The molecule has 0 bridgehead atoms. The van der Waals surface area contributed by atoms with E-state index in [-0.39, 0.29) is 76.0 Å². The maximum atomic E-state index is 13.2. The average Bonchev–Trinajstić information content (AvgIpc) is 3.33. The highest BCUT2D eigenvalue weighted by molar-refractivity contribution is 5.71. The second-order valence-electron chi connectivity index (χ2n) is 19.3. The SMILES string of the molecule is CCCC/C=C\CCCCCCCC(=O)OCC(COC(=O)CCCCCCC/C=C\CCCC)(COC(=O)CCCCCCC/C=C\CCCC)COC(=O)CCCCN1CCCCC1. The Kier molecular flexibility index (Phi) is 42.4. The van der Waals surface area contributed by atoms with Gasteiger partial charge >= 0.3 is 23.9 Å². The van der Waals surface area contributed by atoms with E-state index in [1.807, 2.05) is 0 Å². The van der Waals surface area contributed by atoms with E-state index in [1.165, 1.54) is 57.8 Å². The van der Waals surface area contributed by atoms with E-state index in [2.05, 4.69) is 62.1 Å². The van der Waals surface area contributed by atoms with Gasteiger partial charge in [0.2, 0.25) is 0 Å². The van der Waals surface area contributed by atoms with Crippen LogP contribution >= 0.6 is 0 Å². The normalized spacial score (nSPS) is 13.6. The Hall–Kier alpha value is -2.94. The number of unbranched alkanes of at least 4 members (excludes halogenated alkanes) is 22. The van der Waals surface area contributed by atoms with Gasteiger partial charge in [-0.2, -0.15) is 0 Å². The van der Waals surface area contributed by atoms with Crippen molar-refractivity contribution >= 4 is 23.9 Å². The summed E-state index contributed by atoms with van der Waals surface area (Å²) in [5.41, 5.74) is -1.22. The molecular weight excluding hydrogens is 827 g/mol. The van der Waals surface area contributed by atoms with Crippen molar-refractivity contribution in [3.63, 3.8) is 0 Å². The van der Waals surface area contributed by atoms with E-state index in [0.717, 1.165) is 161 Å². The largest absolute Gasteiger partial charge is 0.465 e. The van der Waals surface area contributed by atoms with E-state index in [4.69, 9.17) is 18.9 Å². The molecule has 0 N–H and O–H groups in total. The first kappa shape index (κ1) is 61.1. The lowest BCUT2D eigenvalue weighted by atomic mass is 9.92. The van der Waals surface area contributed by atoms with E-state index in [9.17, 15) is 19.2 Å². The Labute approximate surface area is 405 Å². The zero-order chi connectivity index (χ0) is 47.9. The third-order valence-corrected chi connectivity index (χ3v) is 12.6. The van der Waals surface area contributed by atoms with Crippen LogP contribution in [0.3, 0.4) is 0 Å². The van der Waals surface area contributed by atoms with Gasteiger partial charge in [0.25, 0.3) is 0 Å². The van der Waals surface area contributed by atoms with Gasteiger partial charge in [0.15, 0.2) is 0 Å². The van der Waals surface area contributed by atoms with Crippen molar-refractivity contribution in [2.75, 3.05) is 46.1 Å². The van der Waals surface area contributed by atoms with Gasteiger partial charge in [0.1, 0.15) is 31.8 Å². The highest BCUT2D eigenvalue weighted by Gasteiger charge is 2.38. The fraction of sp³-hybridized carbons (Fsp3) is 0.825. The third-order valence-electron chi connectivity index (χ3n) is 12.6. The minimum Gasteiger partial charge on any atom is -0.465 e. The molecule has 0 unspecified atom stereocenters. The molecule has 1 fully saturated rings. The summed E-state index contributed by atoms with van der Waals surface area (Å²) in [5.74, 6) is -1.42. The molecule has 382 valence electrons. The first-order valence-electron chi connectivity index (χ1n) is 27.6. The van der Waals surface area contributed by atoms with Crippen LogP contribution < -0.4 is 0 Å². The minimum absolute atomic E-state index is 0.182. The molecule has 0 radical (unpaired) electrons. The summed E-state index contributed by atoms with van der Waals surface area (Å²) in [4.78, 5) is 55.1. The van der Waals surface area contributed by atoms with Crippen molar-refractivity contribution in [2.24, 2.45) is 5.41 Å². The number of ether oxygens (including phenoxy) is 4. The third kappa shape index (κ3) is 39.1. The molecule has 1 aliphatic rings. The van der Waals surface area contributed by atoms with Gasteiger partial charge in [0.05, 0.1) is 0 Å². The van der Waals surface area contributed by atoms with Crippen LogP contribution in [0, 0.1) is 5.41 Å². The standard InChI is InChI=1S/C57H101NO8/c1-4-7-10-13-16-19-22-25-28-31-35-42-53(59)63-49-57(52-66-56(62)45-38-41-48-58-46-39-34-40-47-58,50-64-54(60)43-36-32-29-26-23-20-17-14-11-8-5-2)51-65-55(61)44-37-33-30-27-24-21-18-15-12-9-6-3/h13-18H,4-12,19-52H2,1-3H3/b16-13-,17-14-,18-15-. The molecule has 0 aromatic rings. The van der Waals surface area contributed by atoms with Crippen LogP contribution in [0.2, 0.25) is 0 Å². The highest BCUT2D eigenvalue weighted by atomic mass is 16.6. The Morgan fingerprint density at radius 1 is 0.364 bits per heavy atom. The van der Waals surface area contributed by atoms with Crippen LogP contribution in [-0.4, -0.2) is 74.8 Å². The molecule has 0 aliphatic carbocycles. The topological polar surface area (TPSA) is 108 Å². The predicted octanol–water partition coefficient (Wildman–Crippen LogP) is 15.2. The second kappa shape index (κ2) is 45.8. The molecule has 9 nitrogen and oxygen atoms in total. The average molecular weight is 928 g/mol. The van der Waals surface area contributed by atoms with Crippen LogP contribution in [0.15, 0.2) is 36.5 Å². The number of hydrogen-bond acceptors (Lipinski definition) is 9. The number of carbonyl (C=O) groups is 4. The number of piperidine rings is 1. The number of likely N-dealkylation sites (tertiary alicyclic amines) is 1.